The van der Waals surface area contributed by atoms with Gasteiger partial charge in [0.1, 0.15) is 9.84 Å². The zero-order valence-electron chi connectivity index (χ0n) is 16.2. The molecule has 0 atom stereocenters. The van der Waals surface area contributed by atoms with Crippen LogP contribution in [0.25, 0.3) is 0 Å². The number of ether oxygens (including phenoxy) is 1. The molecular formula is C20H28IN3O3S. The Hall–Kier alpha value is -1.65. The Balaban J connectivity index is 0.00000392. The molecule has 0 aliphatic carbocycles. The number of aliphatic imine (C=N–C) groups is 1. The van der Waals surface area contributed by atoms with E-state index < -0.39 is 9.84 Å². The van der Waals surface area contributed by atoms with Crippen LogP contribution in [0.4, 0.5) is 5.69 Å². The predicted octanol–water partition coefficient (Wildman–Crippen LogP) is 3.23. The summed E-state index contributed by atoms with van der Waals surface area (Å²) in [6, 6.07) is 18.0. The number of anilines is 1. The maximum Gasteiger partial charge on any atom is 0.196 e. The highest BCUT2D eigenvalue weighted by Crippen LogP contribution is 2.07. The third kappa shape index (κ3) is 10.6. The molecule has 2 rings (SSSR count). The maximum absolute atomic E-state index is 11.1. The summed E-state index contributed by atoms with van der Waals surface area (Å²) in [5.74, 6) is 0.678. The van der Waals surface area contributed by atoms with Gasteiger partial charge in [0.2, 0.25) is 0 Å². The van der Waals surface area contributed by atoms with Gasteiger partial charge in [-0.15, -0.1) is 24.0 Å². The van der Waals surface area contributed by atoms with Gasteiger partial charge in [-0.25, -0.2) is 13.4 Å². The number of guanidine groups is 1. The van der Waals surface area contributed by atoms with Gasteiger partial charge in [-0.1, -0.05) is 48.0 Å². The molecule has 6 nitrogen and oxygen atoms in total. The third-order valence-electron chi connectivity index (χ3n) is 3.71. The van der Waals surface area contributed by atoms with E-state index in [4.69, 9.17) is 4.74 Å². The Kier molecular flexibility index (Phi) is 11.1. The van der Waals surface area contributed by atoms with E-state index in [1.165, 1.54) is 11.8 Å². The molecule has 0 aliphatic heterocycles. The van der Waals surface area contributed by atoms with Gasteiger partial charge < -0.3 is 15.4 Å². The average Bonchev–Trinajstić information content (AvgIpc) is 2.63. The van der Waals surface area contributed by atoms with Crippen LogP contribution in [0.3, 0.4) is 0 Å². The molecule has 154 valence electrons. The molecule has 0 bridgehead atoms. The molecule has 0 amide bonds. The summed E-state index contributed by atoms with van der Waals surface area (Å²) in [6.07, 6.45) is 1.20. The average molecular weight is 517 g/mol. The molecule has 0 radical (unpaired) electrons. The van der Waals surface area contributed by atoms with Crippen molar-refractivity contribution in [2.45, 2.75) is 13.5 Å². The van der Waals surface area contributed by atoms with E-state index in [0.29, 0.717) is 25.7 Å². The minimum atomic E-state index is -2.99. The first-order chi connectivity index (χ1) is 12.9. The number of aryl methyl sites for hydroxylation is 1. The molecule has 0 unspecified atom stereocenters. The number of nitrogens with zero attached hydrogens (tertiary/aromatic N) is 1. The summed E-state index contributed by atoms with van der Waals surface area (Å²) >= 11 is 0. The summed E-state index contributed by atoms with van der Waals surface area (Å²) in [5.41, 5.74) is 3.28. The van der Waals surface area contributed by atoms with E-state index >= 15 is 0 Å². The van der Waals surface area contributed by atoms with E-state index in [-0.39, 0.29) is 36.3 Å². The van der Waals surface area contributed by atoms with Gasteiger partial charge in [0.05, 0.1) is 25.5 Å². The first kappa shape index (κ1) is 24.4. The molecule has 0 fully saturated rings. The van der Waals surface area contributed by atoms with Gasteiger partial charge in [0.15, 0.2) is 5.96 Å². The van der Waals surface area contributed by atoms with Crippen molar-refractivity contribution >= 4 is 45.5 Å². The molecule has 0 heterocycles. The normalized spacial score (nSPS) is 11.6. The number of rotatable bonds is 9. The van der Waals surface area contributed by atoms with Crippen LogP contribution in [0, 0.1) is 6.92 Å². The molecular weight excluding hydrogens is 489 g/mol. The lowest BCUT2D eigenvalue weighted by Crippen LogP contribution is -2.33. The molecule has 0 aliphatic rings. The number of hydrogen-bond donors (Lipinski definition) is 2. The van der Waals surface area contributed by atoms with Crippen molar-refractivity contribution in [2.24, 2.45) is 4.99 Å². The van der Waals surface area contributed by atoms with Crippen molar-refractivity contribution in [3.8, 4) is 0 Å². The smallest absolute Gasteiger partial charge is 0.196 e. The fraction of sp³-hybridized carbons (Fsp3) is 0.350. The molecule has 0 aromatic heterocycles. The minimum Gasteiger partial charge on any atom is -0.379 e. The lowest BCUT2D eigenvalue weighted by molar-refractivity contribution is 0.154. The Morgan fingerprint density at radius 3 is 2.36 bits per heavy atom. The Bertz CT molecular complexity index is 826. The van der Waals surface area contributed by atoms with E-state index in [9.17, 15) is 8.42 Å². The molecule has 0 saturated heterocycles. The summed E-state index contributed by atoms with van der Waals surface area (Å²) in [4.78, 5) is 4.62. The molecule has 2 aromatic rings. The number of para-hydroxylation sites is 1. The summed E-state index contributed by atoms with van der Waals surface area (Å²) in [5, 5.41) is 6.48. The topological polar surface area (TPSA) is 79.8 Å². The maximum atomic E-state index is 11.1. The minimum absolute atomic E-state index is 0. The lowest BCUT2D eigenvalue weighted by Gasteiger charge is -2.13. The van der Waals surface area contributed by atoms with Crippen molar-refractivity contribution in [1.82, 2.24) is 5.32 Å². The Morgan fingerprint density at radius 1 is 1.04 bits per heavy atom. The van der Waals surface area contributed by atoms with E-state index in [2.05, 4.69) is 46.8 Å². The van der Waals surface area contributed by atoms with Gasteiger partial charge in [0, 0.05) is 18.5 Å². The van der Waals surface area contributed by atoms with Crippen molar-refractivity contribution in [3.63, 3.8) is 0 Å². The highest BCUT2D eigenvalue weighted by Gasteiger charge is 2.03. The van der Waals surface area contributed by atoms with Crippen molar-refractivity contribution in [2.75, 3.05) is 37.1 Å². The second kappa shape index (κ2) is 12.7. The highest BCUT2D eigenvalue weighted by atomic mass is 127. The standard InChI is InChI=1S/C20H27N3O3S.HI/c1-17-8-10-18(11-9-17)16-22-20(23-19-6-4-3-5-7-19)21-12-13-26-14-15-27(2,24)25;/h3-11H,12-16H2,1-2H3,(H2,21,22,23);1H. The van der Waals surface area contributed by atoms with Gasteiger partial charge in [-0.2, -0.15) is 0 Å². The van der Waals surface area contributed by atoms with Gasteiger partial charge in [-0.3, -0.25) is 0 Å². The lowest BCUT2D eigenvalue weighted by atomic mass is 10.1. The van der Waals surface area contributed by atoms with Crippen LogP contribution in [0.15, 0.2) is 59.6 Å². The molecule has 0 saturated carbocycles. The van der Waals surface area contributed by atoms with E-state index in [1.807, 2.05) is 30.3 Å². The first-order valence-corrected chi connectivity index (χ1v) is 10.9. The van der Waals surface area contributed by atoms with Gasteiger partial charge in [-0.05, 0) is 24.6 Å². The third-order valence-corrected chi connectivity index (χ3v) is 4.62. The van der Waals surface area contributed by atoms with Crippen LogP contribution in [0.5, 0.6) is 0 Å². The molecule has 0 spiro atoms. The SMILES string of the molecule is Cc1ccc(CN=C(NCCOCCS(C)(=O)=O)Nc2ccccc2)cc1.I. The highest BCUT2D eigenvalue weighted by molar-refractivity contribution is 14.0. The van der Waals surface area contributed by atoms with Crippen LogP contribution in [-0.4, -0.2) is 46.1 Å². The zero-order valence-corrected chi connectivity index (χ0v) is 19.4. The first-order valence-electron chi connectivity index (χ1n) is 8.84. The second-order valence-electron chi connectivity index (χ2n) is 6.31. The summed E-state index contributed by atoms with van der Waals surface area (Å²) in [7, 11) is -2.99. The number of nitrogens with one attached hydrogen (secondary N) is 2. The van der Waals surface area contributed by atoms with Crippen molar-refractivity contribution < 1.29 is 13.2 Å². The molecule has 2 aromatic carbocycles. The number of hydrogen-bond acceptors (Lipinski definition) is 4. The Labute approximate surface area is 184 Å². The molecule has 8 heteroatoms. The second-order valence-corrected chi connectivity index (χ2v) is 8.57. The molecule has 28 heavy (non-hydrogen) atoms. The van der Waals surface area contributed by atoms with Gasteiger partial charge >= 0.3 is 0 Å². The number of halogens is 1. The monoisotopic (exact) mass is 517 g/mol. The number of sulfone groups is 1. The summed E-state index contributed by atoms with van der Waals surface area (Å²) in [6.45, 7) is 3.73. The van der Waals surface area contributed by atoms with Crippen LogP contribution >= 0.6 is 24.0 Å². The van der Waals surface area contributed by atoms with E-state index in [0.717, 1.165) is 11.3 Å². The quantitative estimate of drug-likeness (QED) is 0.231. The number of benzene rings is 2. The molecule has 2 N–H and O–H groups in total. The van der Waals surface area contributed by atoms with Crippen LogP contribution in [0.2, 0.25) is 0 Å². The zero-order chi connectivity index (χ0) is 19.5. The van der Waals surface area contributed by atoms with Crippen LogP contribution < -0.4 is 10.6 Å². The fourth-order valence-electron chi connectivity index (χ4n) is 2.22. The fourth-order valence-corrected chi connectivity index (χ4v) is 2.64. The van der Waals surface area contributed by atoms with E-state index in [1.54, 1.807) is 0 Å². The Morgan fingerprint density at radius 2 is 1.71 bits per heavy atom. The van der Waals surface area contributed by atoms with Crippen molar-refractivity contribution in [3.05, 3.63) is 65.7 Å². The predicted molar refractivity (Wildman–Crippen MR) is 126 cm³/mol. The summed E-state index contributed by atoms with van der Waals surface area (Å²) < 4.78 is 27.5. The van der Waals surface area contributed by atoms with Crippen LogP contribution in [-0.2, 0) is 21.1 Å². The van der Waals surface area contributed by atoms with Crippen LogP contribution in [0.1, 0.15) is 11.1 Å². The van der Waals surface area contributed by atoms with Gasteiger partial charge in [0.25, 0.3) is 0 Å². The van der Waals surface area contributed by atoms with Crippen molar-refractivity contribution in [1.29, 1.82) is 0 Å². The largest absolute Gasteiger partial charge is 0.379 e.